The van der Waals surface area contributed by atoms with E-state index in [2.05, 4.69) is 9.59 Å². The third-order valence-corrected chi connectivity index (χ3v) is 3.55. The second kappa shape index (κ2) is 5.26. The van der Waals surface area contributed by atoms with E-state index in [0.717, 1.165) is 17.6 Å². The minimum Gasteiger partial charge on any atom is -0.383 e. The second-order valence-electron chi connectivity index (χ2n) is 3.92. The maximum Gasteiger partial charge on any atom is 0.416 e. The summed E-state index contributed by atoms with van der Waals surface area (Å²) in [6.07, 6.45) is -5.34. The minimum absolute atomic E-state index is 0.171. The number of aromatic nitrogens is 2. The van der Waals surface area contributed by atoms with E-state index >= 15 is 0 Å². The Hall–Kier alpha value is -1.47. The Morgan fingerprint density at radius 1 is 1.32 bits per heavy atom. The normalized spacial score (nSPS) is 13.5. The average Bonchev–Trinajstić information content (AvgIpc) is 2.85. The molecule has 0 fully saturated rings. The summed E-state index contributed by atoms with van der Waals surface area (Å²) in [5, 5.41) is 14.0. The van der Waals surface area contributed by atoms with Crippen molar-refractivity contribution in [2.24, 2.45) is 0 Å². The van der Waals surface area contributed by atoms with Gasteiger partial charge in [-0.25, -0.2) is 0 Å². The van der Waals surface area contributed by atoms with Crippen LogP contribution in [-0.2, 0) is 12.6 Å². The van der Waals surface area contributed by atoms with Crippen LogP contribution in [0.2, 0.25) is 0 Å². The summed E-state index contributed by atoms with van der Waals surface area (Å²) < 4.78 is 42.4. The number of aliphatic hydroxyl groups is 1. The molecule has 102 valence electrons. The molecule has 0 saturated carbocycles. The van der Waals surface area contributed by atoms with Crippen molar-refractivity contribution in [2.45, 2.75) is 25.6 Å². The van der Waals surface area contributed by atoms with E-state index in [4.69, 9.17) is 0 Å². The van der Waals surface area contributed by atoms with Gasteiger partial charge in [-0.3, -0.25) is 0 Å². The molecule has 1 aromatic heterocycles. The van der Waals surface area contributed by atoms with Gasteiger partial charge in [0.05, 0.1) is 16.1 Å². The fourth-order valence-corrected chi connectivity index (χ4v) is 2.55. The van der Waals surface area contributed by atoms with Gasteiger partial charge in [0.1, 0.15) is 6.10 Å². The molecule has 1 aromatic carbocycles. The Kier molecular flexibility index (Phi) is 3.86. The molecular weight excluding hydrogens is 277 g/mol. The van der Waals surface area contributed by atoms with Crippen molar-refractivity contribution in [3.05, 3.63) is 46.0 Å². The van der Waals surface area contributed by atoms with Gasteiger partial charge in [-0.05, 0) is 29.6 Å². The molecule has 0 saturated heterocycles. The van der Waals surface area contributed by atoms with Gasteiger partial charge in [-0.2, -0.15) is 13.2 Å². The number of nitrogens with zero attached hydrogens (tertiary/aromatic N) is 2. The van der Waals surface area contributed by atoms with Crippen molar-refractivity contribution in [3.63, 3.8) is 0 Å². The quantitative estimate of drug-likeness (QED) is 0.943. The van der Waals surface area contributed by atoms with Crippen LogP contribution in [0.1, 0.15) is 34.7 Å². The van der Waals surface area contributed by atoms with Gasteiger partial charge in [-0.1, -0.05) is 29.6 Å². The topological polar surface area (TPSA) is 46.0 Å². The fraction of sp³-hybridized carbons (Fsp3) is 0.333. The van der Waals surface area contributed by atoms with E-state index in [1.165, 1.54) is 18.2 Å². The first-order valence-corrected chi connectivity index (χ1v) is 6.37. The number of aryl methyl sites for hydroxylation is 1. The first-order valence-electron chi connectivity index (χ1n) is 5.60. The lowest BCUT2D eigenvalue weighted by Crippen LogP contribution is -2.12. The highest BCUT2D eigenvalue weighted by atomic mass is 32.1. The predicted octanol–water partition coefficient (Wildman–Crippen LogP) is 3.20. The smallest absolute Gasteiger partial charge is 0.383 e. The van der Waals surface area contributed by atoms with Gasteiger partial charge in [0.25, 0.3) is 0 Å². The lowest BCUT2D eigenvalue weighted by molar-refractivity contribution is -0.139. The molecule has 2 aromatic rings. The minimum atomic E-state index is -4.50. The number of alkyl halides is 3. The molecule has 1 heterocycles. The van der Waals surface area contributed by atoms with E-state index in [-0.39, 0.29) is 5.56 Å². The average molecular weight is 288 g/mol. The lowest BCUT2D eigenvalue weighted by atomic mass is 10.00. The van der Waals surface area contributed by atoms with Crippen molar-refractivity contribution in [2.75, 3.05) is 0 Å². The molecule has 7 heteroatoms. The molecule has 19 heavy (non-hydrogen) atoms. The summed E-state index contributed by atoms with van der Waals surface area (Å²) in [4.78, 5) is 0.360. The predicted molar refractivity (Wildman–Crippen MR) is 64.8 cm³/mol. The van der Waals surface area contributed by atoms with E-state index in [0.29, 0.717) is 17.0 Å². The summed E-state index contributed by atoms with van der Waals surface area (Å²) >= 11 is 0.918. The number of hydrogen-bond donors (Lipinski definition) is 1. The monoisotopic (exact) mass is 288 g/mol. The van der Waals surface area contributed by atoms with Crippen LogP contribution in [0.15, 0.2) is 24.3 Å². The summed E-state index contributed by atoms with van der Waals surface area (Å²) in [5.74, 6) is 0. The highest BCUT2D eigenvalue weighted by Gasteiger charge is 2.35. The summed E-state index contributed by atoms with van der Waals surface area (Å²) in [6.45, 7) is 1.81. The highest BCUT2D eigenvalue weighted by Crippen LogP contribution is 2.37. The van der Waals surface area contributed by atoms with Crippen LogP contribution in [0, 0.1) is 0 Å². The number of rotatable bonds is 3. The van der Waals surface area contributed by atoms with Crippen LogP contribution in [0.5, 0.6) is 0 Å². The Balaban J connectivity index is 2.48. The molecule has 0 bridgehead atoms. The van der Waals surface area contributed by atoms with Crippen LogP contribution in [0.4, 0.5) is 13.2 Å². The summed E-state index contributed by atoms with van der Waals surface area (Å²) in [6, 6.07) is 4.99. The maximum atomic E-state index is 12.9. The van der Waals surface area contributed by atoms with Gasteiger partial charge >= 0.3 is 6.18 Å². The van der Waals surface area contributed by atoms with Crippen molar-refractivity contribution in [1.82, 2.24) is 9.59 Å². The molecule has 3 nitrogen and oxygen atoms in total. The second-order valence-corrected chi connectivity index (χ2v) is 4.71. The van der Waals surface area contributed by atoms with Gasteiger partial charge in [0.2, 0.25) is 0 Å². The van der Waals surface area contributed by atoms with E-state index in [1.54, 1.807) is 0 Å². The third kappa shape index (κ3) is 2.76. The Bertz CT molecular complexity index is 568. The molecule has 1 unspecified atom stereocenters. The van der Waals surface area contributed by atoms with E-state index in [1.807, 2.05) is 6.92 Å². The molecular formula is C12H11F3N2OS. The van der Waals surface area contributed by atoms with Crippen molar-refractivity contribution >= 4 is 11.5 Å². The van der Waals surface area contributed by atoms with Crippen molar-refractivity contribution < 1.29 is 18.3 Å². The van der Waals surface area contributed by atoms with Crippen LogP contribution < -0.4 is 0 Å². The third-order valence-electron chi connectivity index (χ3n) is 2.73. The Morgan fingerprint density at radius 3 is 2.63 bits per heavy atom. The summed E-state index contributed by atoms with van der Waals surface area (Å²) in [7, 11) is 0. The molecule has 0 aliphatic carbocycles. The molecule has 1 N–H and O–H groups in total. The molecule has 0 aliphatic heterocycles. The standard InChI is InChI=1S/C12H11F3N2OS/c1-2-9-11(19-17-16-9)10(18)7-5-3-4-6-8(7)12(13,14)15/h3-6,10,18H,2H2,1H3. The van der Waals surface area contributed by atoms with Crippen LogP contribution in [0.25, 0.3) is 0 Å². The molecule has 0 aliphatic rings. The van der Waals surface area contributed by atoms with Gasteiger partial charge in [0, 0.05) is 0 Å². The first-order chi connectivity index (χ1) is 8.95. The fourth-order valence-electron chi connectivity index (χ4n) is 1.80. The summed E-state index contributed by atoms with van der Waals surface area (Å²) in [5.41, 5.74) is -0.483. The maximum absolute atomic E-state index is 12.9. The van der Waals surface area contributed by atoms with Gasteiger partial charge in [-0.15, -0.1) is 5.10 Å². The van der Waals surface area contributed by atoms with E-state index in [9.17, 15) is 18.3 Å². The zero-order valence-corrected chi connectivity index (χ0v) is 10.8. The number of aliphatic hydroxyl groups excluding tert-OH is 1. The van der Waals surface area contributed by atoms with Crippen LogP contribution in [-0.4, -0.2) is 14.7 Å². The Morgan fingerprint density at radius 2 is 2.00 bits per heavy atom. The van der Waals surface area contributed by atoms with Gasteiger partial charge in [0.15, 0.2) is 0 Å². The zero-order valence-electron chi connectivity index (χ0n) is 9.98. The van der Waals surface area contributed by atoms with Crippen molar-refractivity contribution in [3.8, 4) is 0 Å². The SMILES string of the molecule is CCc1nnsc1C(O)c1ccccc1C(F)(F)F. The molecule has 2 rings (SSSR count). The first kappa shape index (κ1) is 14.0. The molecule has 0 amide bonds. The number of halogens is 3. The van der Waals surface area contributed by atoms with Crippen molar-refractivity contribution in [1.29, 1.82) is 0 Å². The van der Waals surface area contributed by atoms with Gasteiger partial charge < -0.3 is 5.11 Å². The largest absolute Gasteiger partial charge is 0.416 e. The molecule has 0 radical (unpaired) electrons. The van der Waals surface area contributed by atoms with Crippen LogP contribution in [0.3, 0.4) is 0 Å². The molecule has 1 atom stereocenters. The Labute approximate surface area is 111 Å². The highest BCUT2D eigenvalue weighted by molar-refractivity contribution is 7.05. The molecule has 0 spiro atoms. The zero-order chi connectivity index (χ0) is 14.0. The number of hydrogen-bond acceptors (Lipinski definition) is 4. The number of benzene rings is 1. The van der Waals surface area contributed by atoms with Crippen LogP contribution >= 0.6 is 11.5 Å². The lowest BCUT2D eigenvalue weighted by Gasteiger charge is -2.16. The van der Waals surface area contributed by atoms with E-state index < -0.39 is 17.8 Å².